The third-order valence-electron chi connectivity index (χ3n) is 9.21. The molecule has 0 bridgehead atoms. The Bertz CT molecular complexity index is 756. The van der Waals surface area contributed by atoms with Crippen molar-refractivity contribution in [2.45, 2.75) is 186 Å². The fourth-order valence-electron chi connectivity index (χ4n) is 6.54. The number of nitrogens with zero attached hydrogens (tertiary/aromatic N) is 1. The molecule has 0 spiro atoms. The van der Waals surface area contributed by atoms with E-state index in [4.69, 9.17) is 9.47 Å². The van der Waals surface area contributed by atoms with Gasteiger partial charge >= 0.3 is 0 Å². The maximum atomic E-state index is 6.77. The summed E-state index contributed by atoms with van der Waals surface area (Å²) in [7, 11) is 2.22. The number of likely N-dealkylation sites (tertiary alicyclic amines) is 1. The molecule has 0 amide bonds. The standard InChI is InChI=1S/C40H71NO2/c1-4-6-8-10-12-14-16-18-19-20-22-24-26-28-30-32-35-40(42-38-33-36-41(3)37-39(38)43-40)34-31-29-27-25-23-21-17-15-13-11-9-7-5-2/h7,9,12-15,18-19,38-39H,4-6,8,10-11,16-17,20-37H2,1-3H3/b9-7-,14-12-,15-13-,19-18-. The first-order valence-electron chi connectivity index (χ1n) is 18.8. The van der Waals surface area contributed by atoms with Gasteiger partial charge in [-0.2, -0.15) is 0 Å². The zero-order valence-electron chi connectivity index (χ0n) is 28.9. The van der Waals surface area contributed by atoms with E-state index in [1.807, 2.05) is 0 Å². The largest absolute Gasteiger partial charge is 0.344 e. The molecule has 3 nitrogen and oxygen atoms in total. The predicted molar refractivity (Wildman–Crippen MR) is 189 cm³/mol. The number of allylic oxidation sites excluding steroid dienone is 8. The van der Waals surface area contributed by atoms with E-state index in [-0.39, 0.29) is 11.9 Å². The van der Waals surface area contributed by atoms with Crippen LogP contribution < -0.4 is 0 Å². The van der Waals surface area contributed by atoms with Gasteiger partial charge in [0.2, 0.25) is 0 Å². The lowest BCUT2D eigenvalue weighted by Gasteiger charge is -2.29. The molecule has 0 aromatic heterocycles. The van der Waals surface area contributed by atoms with E-state index in [9.17, 15) is 0 Å². The van der Waals surface area contributed by atoms with E-state index in [1.165, 1.54) is 116 Å². The second-order valence-electron chi connectivity index (χ2n) is 13.4. The lowest BCUT2D eigenvalue weighted by molar-refractivity contribution is -0.185. The van der Waals surface area contributed by atoms with Crippen LogP contribution in [0.5, 0.6) is 0 Å². The van der Waals surface area contributed by atoms with Crippen molar-refractivity contribution < 1.29 is 9.47 Å². The van der Waals surface area contributed by atoms with Crippen molar-refractivity contribution in [2.24, 2.45) is 0 Å². The molecule has 2 rings (SSSR count). The molecule has 2 fully saturated rings. The van der Waals surface area contributed by atoms with Gasteiger partial charge in [0.05, 0.1) is 12.2 Å². The lowest BCUT2D eigenvalue weighted by Crippen LogP contribution is -2.43. The summed E-state index contributed by atoms with van der Waals surface area (Å²) < 4.78 is 13.5. The van der Waals surface area contributed by atoms with E-state index in [0.717, 1.165) is 51.6 Å². The Hall–Kier alpha value is -1.16. The number of unbranched alkanes of at least 4 members (excludes halogenated alkanes) is 15. The van der Waals surface area contributed by atoms with Crippen LogP contribution in [0.25, 0.3) is 0 Å². The maximum absolute atomic E-state index is 6.77. The molecule has 3 heteroatoms. The fraction of sp³-hybridized carbons (Fsp3) is 0.800. The number of fused-ring (bicyclic) bond motifs is 1. The molecule has 2 saturated heterocycles. The van der Waals surface area contributed by atoms with Crippen molar-refractivity contribution in [1.29, 1.82) is 0 Å². The second kappa shape index (κ2) is 26.1. The summed E-state index contributed by atoms with van der Waals surface area (Å²) in [5.74, 6) is -0.313. The molecule has 0 aliphatic carbocycles. The number of hydrogen-bond acceptors (Lipinski definition) is 3. The van der Waals surface area contributed by atoms with Gasteiger partial charge in [0.25, 0.3) is 0 Å². The first kappa shape index (κ1) is 38.0. The van der Waals surface area contributed by atoms with Crippen LogP contribution in [-0.2, 0) is 9.47 Å². The molecule has 0 saturated carbocycles. The summed E-state index contributed by atoms with van der Waals surface area (Å²) in [5.41, 5.74) is 0. The van der Waals surface area contributed by atoms with Crippen LogP contribution in [0, 0.1) is 0 Å². The molecule has 0 radical (unpaired) electrons. The van der Waals surface area contributed by atoms with Gasteiger partial charge in [-0.15, -0.1) is 0 Å². The van der Waals surface area contributed by atoms with Crippen LogP contribution in [0.1, 0.15) is 168 Å². The molecule has 2 aliphatic rings. The summed E-state index contributed by atoms with van der Waals surface area (Å²) in [6.45, 7) is 6.62. The SMILES string of the molecule is CC/C=C\C/C=C\CCCCCCCCC1(CCCCCCCC/C=C\C/C=C\CCCCC)OC2CCN(C)CC2O1. The molecule has 43 heavy (non-hydrogen) atoms. The number of hydrogen-bond donors (Lipinski definition) is 0. The molecule has 0 N–H and O–H groups in total. The Morgan fingerprint density at radius 1 is 0.558 bits per heavy atom. The van der Waals surface area contributed by atoms with E-state index in [1.54, 1.807) is 0 Å². The number of piperidine rings is 1. The van der Waals surface area contributed by atoms with Gasteiger partial charge in [0, 0.05) is 25.9 Å². The lowest BCUT2D eigenvalue weighted by atomic mass is 9.98. The summed E-state index contributed by atoms with van der Waals surface area (Å²) in [5, 5.41) is 0. The maximum Gasteiger partial charge on any atom is 0.169 e. The Balaban J connectivity index is 1.55. The molecule has 3 unspecified atom stereocenters. The summed E-state index contributed by atoms with van der Waals surface area (Å²) in [4.78, 5) is 2.41. The quantitative estimate of drug-likeness (QED) is 0.0694. The van der Waals surface area contributed by atoms with Crippen molar-refractivity contribution in [2.75, 3.05) is 20.1 Å². The summed E-state index contributed by atoms with van der Waals surface area (Å²) >= 11 is 0. The zero-order chi connectivity index (χ0) is 30.7. The van der Waals surface area contributed by atoms with Gasteiger partial charge in [-0.25, -0.2) is 0 Å². The first-order chi connectivity index (χ1) is 21.2. The average Bonchev–Trinajstić information content (AvgIpc) is 3.36. The molecule has 2 heterocycles. The van der Waals surface area contributed by atoms with Crippen molar-refractivity contribution in [3.63, 3.8) is 0 Å². The third kappa shape index (κ3) is 19.1. The molecular formula is C40H71NO2. The van der Waals surface area contributed by atoms with Gasteiger partial charge in [-0.1, -0.05) is 127 Å². The number of rotatable bonds is 27. The second-order valence-corrected chi connectivity index (χ2v) is 13.4. The van der Waals surface area contributed by atoms with E-state index < -0.39 is 0 Å². The van der Waals surface area contributed by atoms with E-state index in [2.05, 4.69) is 74.4 Å². The molecule has 2 aliphatic heterocycles. The fourth-order valence-corrected chi connectivity index (χ4v) is 6.54. The first-order valence-corrected chi connectivity index (χ1v) is 18.8. The molecular weight excluding hydrogens is 526 g/mol. The van der Waals surface area contributed by atoms with Crippen LogP contribution in [0.4, 0.5) is 0 Å². The van der Waals surface area contributed by atoms with E-state index in [0.29, 0.717) is 6.10 Å². The van der Waals surface area contributed by atoms with Crippen molar-refractivity contribution >= 4 is 0 Å². The molecule has 3 atom stereocenters. The minimum Gasteiger partial charge on any atom is -0.344 e. The Morgan fingerprint density at radius 2 is 1.02 bits per heavy atom. The van der Waals surface area contributed by atoms with Gasteiger partial charge in [0.1, 0.15) is 0 Å². The zero-order valence-corrected chi connectivity index (χ0v) is 28.9. The van der Waals surface area contributed by atoms with Crippen molar-refractivity contribution in [1.82, 2.24) is 4.90 Å². The highest BCUT2D eigenvalue weighted by molar-refractivity contribution is 4.94. The Kier molecular flexibility index (Phi) is 23.1. The number of ether oxygens (including phenoxy) is 2. The minimum absolute atomic E-state index is 0.272. The Morgan fingerprint density at radius 3 is 1.56 bits per heavy atom. The highest BCUT2D eigenvalue weighted by atomic mass is 16.8. The van der Waals surface area contributed by atoms with Gasteiger partial charge in [-0.05, 0) is 84.1 Å². The third-order valence-corrected chi connectivity index (χ3v) is 9.21. The summed E-state index contributed by atoms with van der Waals surface area (Å²) in [6, 6.07) is 0. The van der Waals surface area contributed by atoms with Crippen LogP contribution in [0.3, 0.4) is 0 Å². The topological polar surface area (TPSA) is 21.7 Å². The monoisotopic (exact) mass is 598 g/mol. The van der Waals surface area contributed by atoms with Crippen LogP contribution >= 0.6 is 0 Å². The van der Waals surface area contributed by atoms with Crippen LogP contribution in [0.2, 0.25) is 0 Å². The van der Waals surface area contributed by atoms with Gasteiger partial charge < -0.3 is 14.4 Å². The smallest absolute Gasteiger partial charge is 0.169 e. The predicted octanol–water partition coefficient (Wildman–Crippen LogP) is 12.0. The molecule has 248 valence electrons. The minimum atomic E-state index is -0.313. The van der Waals surface area contributed by atoms with Crippen LogP contribution in [0.15, 0.2) is 48.6 Å². The van der Waals surface area contributed by atoms with Gasteiger partial charge in [0.15, 0.2) is 5.79 Å². The molecule has 0 aromatic rings. The van der Waals surface area contributed by atoms with Crippen molar-refractivity contribution in [3.8, 4) is 0 Å². The number of likely N-dealkylation sites (N-methyl/N-ethyl adjacent to an activating group) is 1. The van der Waals surface area contributed by atoms with Crippen molar-refractivity contribution in [3.05, 3.63) is 48.6 Å². The van der Waals surface area contributed by atoms with E-state index >= 15 is 0 Å². The highest BCUT2D eigenvalue weighted by Gasteiger charge is 2.48. The Labute approximate surface area is 268 Å². The summed E-state index contributed by atoms with van der Waals surface area (Å²) in [6.07, 6.45) is 49.4. The molecule has 0 aromatic carbocycles. The average molecular weight is 598 g/mol. The highest BCUT2D eigenvalue weighted by Crippen LogP contribution is 2.40. The van der Waals surface area contributed by atoms with Crippen LogP contribution in [-0.4, -0.2) is 43.0 Å². The normalized spacial score (nSPS) is 23.1. The van der Waals surface area contributed by atoms with Gasteiger partial charge in [-0.3, -0.25) is 0 Å².